The lowest BCUT2D eigenvalue weighted by atomic mass is 9.97. The lowest BCUT2D eigenvalue weighted by molar-refractivity contribution is -0.125. The van der Waals surface area contributed by atoms with E-state index in [1.165, 1.54) is 12.8 Å². The standard InChI is InChI=1S/C11H19NO/c1-3-5-10(8-9-6-7-9)11(13)12-4-2/h3,9-10H,1,4-8H2,2H3,(H,12,13). The van der Waals surface area contributed by atoms with Crippen LogP contribution in [0.25, 0.3) is 0 Å². The molecule has 74 valence electrons. The maximum Gasteiger partial charge on any atom is 0.223 e. The molecule has 1 unspecified atom stereocenters. The van der Waals surface area contributed by atoms with Crippen LogP contribution in [0.4, 0.5) is 0 Å². The van der Waals surface area contributed by atoms with Gasteiger partial charge in [0, 0.05) is 12.5 Å². The minimum atomic E-state index is 0.171. The number of nitrogens with one attached hydrogen (secondary N) is 1. The van der Waals surface area contributed by atoms with Gasteiger partial charge in [-0.15, -0.1) is 6.58 Å². The minimum absolute atomic E-state index is 0.171. The molecule has 0 aromatic heterocycles. The summed E-state index contributed by atoms with van der Waals surface area (Å²) in [6.45, 7) is 6.38. The molecule has 0 aliphatic heterocycles. The summed E-state index contributed by atoms with van der Waals surface area (Å²) >= 11 is 0. The molecule has 1 saturated carbocycles. The highest BCUT2D eigenvalue weighted by Gasteiger charge is 2.28. The van der Waals surface area contributed by atoms with Gasteiger partial charge in [0.1, 0.15) is 0 Å². The van der Waals surface area contributed by atoms with Crippen LogP contribution >= 0.6 is 0 Å². The molecule has 1 atom stereocenters. The average molecular weight is 181 g/mol. The largest absolute Gasteiger partial charge is 0.356 e. The van der Waals surface area contributed by atoms with Crippen LogP contribution in [-0.2, 0) is 4.79 Å². The smallest absolute Gasteiger partial charge is 0.223 e. The molecule has 1 aliphatic carbocycles. The molecule has 0 bridgehead atoms. The molecule has 13 heavy (non-hydrogen) atoms. The molecule has 0 aromatic carbocycles. The van der Waals surface area contributed by atoms with Crippen LogP contribution in [-0.4, -0.2) is 12.5 Å². The molecule has 0 heterocycles. The topological polar surface area (TPSA) is 29.1 Å². The molecule has 1 rings (SSSR count). The predicted octanol–water partition coefficient (Wildman–Crippen LogP) is 2.11. The van der Waals surface area contributed by atoms with E-state index in [-0.39, 0.29) is 11.8 Å². The van der Waals surface area contributed by atoms with Gasteiger partial charge in [0.05, 0.1) is 0 Å². The van der Waals surface area contributed by atoms with E-state index in [2.05, 4.69) is 11.9 Å². The summed E-state index contributed by atoms with van der Waals surface area (Å²) < 4.78 is 0. The highest BCUT2D eigenvalue weighted by Crippen LogP contribution is 2.36. The lowest BCUT2D eigenvalue weighted by Crippen LogP contribution is -2.30. The van der Waals surface area contributed by atoms with Crippen LogP contribution in [0.15, 0.2) is 12.7 Å². The maximum absolute atomic E-state index is 11.5. The fourth-order valence-electron chi connectivity index (χ4n) is 1.59. The Morgan fingerprint density at radius 1 is 1.69 bits per heavy atom. The summed E-state index contributed by atoms with van der Waals surface area (Å²) in [5.74, 6) is 1.19. The number of hydrogen-bond donors (Lipinski definition) is 1. The Kier molecular flexibility index (Phi) is 4.00. The van der Waals surface area contributed by atoms with Crippen LogP contribution in [0, 0.1) is 11.8 Å². The van der Waals surface area contributed by atoms with E-state index < -0.39 is 0 Å². The second-order valence-corrected chi connectivity index (χ2v) is 3.79. The van der Waals surface area contributed by atoms with Gasteiger partial charge in [0.2, 0.25) is 5.91 Å². The predicted molar refractivity (Wildman–Crippen MR) is 54.3 cm³/mol. The second-order valence-electron chi connectivity index (χ2n) is 3.79. The SMILES string of the molecule is C=CCC(CC1CC1)C(=O)NCC. The Bertz CT molecular complexity index is 185. The second kappa shape index (κ2) is 5.05. The van der Waals surface area contributed by atoms with E-state index in [4.69, 9.17) is 0 Å². The molecule has 0 radical (unpaired) electrons. The fraction of sp³-hybridized carbons (Fsp3) is 0.727. The molecule has 1 fully saturated rings. The molecule has 1 aliphatic rings. The molecule has 0 saturated heterocycles. The van der Waals surface area contributed by atoms with E-state index in [0.717, 1.165) is 25.3 Å². The summed E-state index contributed by atoms with van der Waals surface area (Å²) in [5, 5.41) is 2.88. The van der Waals surface area contributed by atoms with Crippen molar-refractivity contribution < 1.29 is 4.79 Å². The molecule has 0 spiro atoms. The van der Waals surface area contributed by atoms with Gasteiger partial charge in [-0.25, -0.2) is 0 Å². The Balaban J connectivity index is 2.33. The highest BCUT2D eigenvalue weighted by molar-refractivity contribution is 5.78. The Morgan fingerprint density at radius 3 is 2.85 bits per heavy atom. The van der Waals surface area contributed by atoms with Crippen molar-refractivity contribution in [3.63, 3.8) is 0 Å². The van der Waals surface area contributed by atoms with E-state index >= 15 is 0 Å². The first-order valence-electron chi connectivity index (χ1n) is 5.16. The Labute approximate surface area is 80.4 Å². The van der Waals surface area contributed by atoms with Crippen molar-refractivity contribution >= 4 is 5.91 Å². The van der Waals surface area contributed by atoms with E-state index in [0.29, 0.717) is 0 Å². The molecular formula is C11H19NO. The number of amides is 1. The van der Waals surface area contributed by atoms with Crippen molar-refractivity contribution in [1.29, 1.82) is 0 Å². The van der Waals surface area contributed by atoms with Gasteiger partial charge < -0.3 is 5.32 Å². The van der Waals surface area contributed by atoms with E-state index in [1.54, 1.807) is 0 Å². The molecule has 1 amide bonds. The quantitative estimate of drug-likeness (QED) is 0.625. The zero-order chi connectivity index (χ0) is 9.68. The van der Waals surface area contributed by atoms with Gasteiger partial charge in [-0.3, -0.25) is 4.79 Å². The van der Waals surface area contributed by atoms with Crippen molar-refractivity contribution in [3.05, 3.63) is 12.7 Å². The maximum atomic E-state index is 11.5. The van der Waals surface area contributed by atoms with Crippen molar-refractivity contribution in [2.24, 2.45) is 11.8 Å². The van der Waals surface area contributed by atoms with Gasteiger partial charge in [-0.2, -0.15) is 0 Å². The van der Waals surface area contributed by atoms with Gasteiger partial charge >= 0.3 is 0 Å². The number of rotatable bonds is 6. The number of allylic oxidation sites excluding steroid dienone is 1. The van der Waals surface area contributed by atoms with Crippen molar-refractivity contribution in [3.8, 4) is 0 Å². The third-order valence-corrected chi connectivity index (χ3v) is 2.49. The Hall–Kier alpha value is -0.790. The summed E-state index contributed by atoms with van der Waals surface area (Å²) in [4.78, 5) is 11.5. The first-order chi connectivity index (χ1) is 6.27. The molecule has 2 nitrogen and oxygen atoms in total. The highest BCUT2D eigenvalue weighted by atomic mass is 16.1. The zero-order valence-corrected chi connectivity index (χ0v) is 8.38. The number of hydrogen-bond acceptors (Lipinski definition) is 1. The molecule has 1 N–H and O–H groups in total. The van der Waals surface area contributed by atoms with Crippen molar-refractivity contribution in [1.82, 2.24) is 5.32 Å². The van der Waals surface area contributed by atoms with Crippen LogP contribution in [0.2, 0.25) is 0 Å². The summed E-state index contributed by atoms with van der Waals surface area (Å²) in [5.41, 5.74) is 0. The van der Waals surface area contributed by atoms with Crippen LogP contribution < -0.4 is 5.32 Å². The molecule has 0 aromatic rings. The average Bonchev–Trinajstić information content (AvgIpc) is 2.88. The third-order valence-electron chi connectivity index (χ3n) is 2.49. The van der Waals surface area contributed by atoms with Crippen molar-refractivity contribution in [2.45, 2.75) is 32.6 Å². The van der Waals surface area contributed by atoms with Gasteiger partial charge in [0.25, 0.3) is 0 Å². The summed E-state index contributed by atoms with van der Waals surface area (Å²) in [7, 11) is 0. The third kappa shape index (κ3) is 3.62. The monoisotopic (exact) mass is 181 g/mol. The van der Waals surface area contributed by atoms with E-state index in [9.17, 15) is 4.79 Å². The summed E-state index contributed by atoms with van der Waals surface area (Å²) in [6.07, 6.45) is 6.35. The number of carbonyl (C=O) groups excluding carboxylic acids is 1. The normalized spacial score (nSPS) is 17.9. The number of carbonyl (C=O) groups is 1. The van der Waals surface area contributed by atoms with Crippen LogP contribution in [0.5, 0.6) is 0 Å². The first kappa shape index (κ1) is 10.3. The minimum Gasteiger partial charge on any atom is -0.356 e. The molecular weight excluding hydrogens is 162 g/mol. The van der Waals surface area contributed by atoms with Gasteiger partial charge in [0.15, 0.2) is 0 Å². The van der Waals surface area contributed by atoms with Crippen LogP contribution in [0.3, 0.4) is 0 Å². The lowest BCUT2D eigenvalue weighted by Gasteiger charge is -2.13. The molecule has 2 heteroatoms. The van der Waals surface area contributed by atoms with E-state index in [1.807, 2.05) is 13.0 Å². The fourth-order valence-corrected chi connectivity index (χ4v) is 1.59. The van der Waals surface area contributed by atoms with Gasteiger partial charge in [-0.05, 0) is 25.7 Å². The van der Waals surface area contributed by atoms with Crippen molar-refractivity contribution in [2.75, 3.05) is 6.54 Å². The van der Waals surface area contributed by atoms with Gasteiger partial charge in [-0.1, -0.05) is 18.9 Å². The zero-order valence-electron chi connectivity index (χ0n) is 8.38. The first-order valence-corrected chi connectivity index (χ1v) is 5.16. The van der Waals surface area contributed by atoms with Crippen LogP contribution in [0.1, 0.15) is 32.6 Å². The Morgan fingerprint density at radius 2 is 2.38 bits per heavy atom. The summed E-state index contributed by atoms with van der Waals surface area (Å²) in [6, 6.07) is 0.